The maximum Gasteiger partial charge on any atom is 0.0335 e. The Labute approximate surface area is 150 Å². The van der Waals surface area contributed by atoms with E-state index in [1.165, 1.54) is 49.2 Å². The van der Waals surface area contributed by atoms with Crippen molar-refractivity contribution in [3.8, 4) is 0 Å². The maximum atomic E-state index is 4.33. The van der Waals surface area contributed by atoms with E-state index in [0.29, 0.717) is 18.0 Å². The van der Waals surface area contributed by atoms with E-state index in [9.17, 15) is 0 Å². The lowest BCUT2D eigenvalue weighted by Gasteiger charge is -2.51. The second-order valence-corrected chi connectivity index (χ2v) is 8.16. The number of piperidine rings is 3. The quantitative estimate of drug-likeness (QED) is 0.857. The van der Waals surface area contributed by atoms with Crippen molar-refractivity contribution in [1.82, 2.24) is 14.8 Å². The van der Waals surface area contributed by atoms with Gasteiger partial charge in [0, 0.05) is 43.5 Å². The van der Waals surface area contributed by atoms with Gasteiger partial charge in [-0.3, -0.25) is 14.8 Å². The molecule has 3 heteroatoms. The Morgan fingerprint density at radius 3 is 2.56 bits per heavy atom. The average Bonchev–Trinajstić information content (AvgIpc) is 3.06. The van der Waals surface area contributed by atoms with E-state index >= 15 is 0 Å². The van der Waals surface area contributed by atoms with Crippen molar-refractivity contribution in [3.05, 3.63) is 65.5 Å². The Bertz CT molecular complexity index is 719. The average molecular weight is 333 g/mol. The van der Waals surface area contributed by atoms with Crippen molar-refractivity contribution in [2.24, 2.45) is 5.92 Å². The summed E-state index contributed by atoms with van der Waals surface area (Å²) in [7, 11) is 0. The Kier molecular flexibility index (Phi) is 3.87. The third-order valence-corrected chi connectivity index (χ3v) is 6.71. The van der Waals surface area contributed by atoms with Gasteiger partial charge in [-0.25, -0.2) is 0 Å². The van der Waals surface area contributed by atoms with Crippen LogP contribution in [-0.2, 0) is 6.54 Å². The van der Waals surface area contributed by atoms with Gasteiger partial charge in [0.25, 0.3) is 0 Å². The summed E-state index contributed by atoms with van der Waals surface area (Å²) in [6, 6.07) is 15.0. The minimum Gasteiger partial charge on any atom is -0.298 e. The van der Waals surface area contributed by atoms with Gasteiger partial charge < -0.3 is 0 Å². The molecule has 1 aromatic carbocycles. The summed E-state index contributed by atoms with van der Waals surface area (Å²) in [5, 5.41) is 0. The Morgan fingerprint density at radius 2 is 1.84 bits per heavy atom. The van der Waals surface area contributed by atoms with Crippen molar-refractivity contribution in [1.29, 1.82) is 0 Å². The first-order chi connectivity index (χ1) is 12.3. The highest BCUT2D eigenvalue weighted by Crippen LogP contribution is 2.46. The minimum atomic E-state index is 0.644. The summed E-state index contributed by atoms with van der Waals surface area (Å²) < 4.78 is 0. The van der Waals surface area contributed by atoms with Crippen LogP contribution in [0.4, 0.5) is 0 Å². The van der Waals surface area contributed by atoms with Gasteiger partial charge in [0.1, 0.15) is 0 Å². The van der Waals surface area contributed by atoms with Gasteiger partial charge in [-0.1, -0.05) is 35.9 Å². The van der Waals surface area contributed by atoms with E-state index in [4.69, 9.17) is 0 Å². The number of rotatable bonds is 3. The first-order valence-electron chi connectivity index (χ1n) is 9.73. The summed E-state index contributed by atoms with van der Waals surface area (Å²) in [4.78, 5) is 9.88. The second-order valence-electron chi connectivity index (χ2n) is 8.16. The fourth-order valence-corrected chi connectivity index (χ4v) is 5.56. The molecule has 4 fully saturated rings. The Hall–Kier alpha value is -1.71. The molecule has 130 valence electrons. The number of fused-ring (bicyclic) bond motifs is 2. The number of pyridine rings is 1. The zero-order valence-electron chi connectivity index (χ0n) is 15.0. The topological polar surface area (TPSA) is 19.4 Å². The van der Waals surface area contributed by atoms with Gasteiger partial charge in [-0.15, -0.1) is 0 Å². The molecule has 1 aromatic heterocycles. The lowest BCUT2D eigenvalue weighted by atomic mass is 9.75. The summed E-state index contributed by atoms with van der Waals surface area (Å²) in [6.07, 6.45) is 6.67. The van der Waals surface area contributed by atoms with Crippen molar-refractivity contribution in [2.45, 2.75) is 44.3 Å². The summed E-state index contributed by atoms with van der Waals surface area (Å²) >= 11 is 0. The van der Waals surface area contributed by atoms with Crippen molar-refractivity contribution < 1.29 is 0 Å². The van der Waals surface area contributed by atoms with Crippen LogP contribution in [-0.4, -0.2) is 46.5 Å². The molecule has 0 unspecified atom stereocenters. The van der Waals surface area contributed by atoms with E-state index in [1.807, 2.05) is 12.4 Å². The molecule has 0 spiro atoms. The molecule has 4 aliphatic heterocycles. The van der Waals surface area contributed by atoms with Crippen molar-refractivity contribution >= 4 is 0 Å². The van der Waals surface area contributed by atoms with E-state index in [-0.39, 0.29) is 0 Å². The summed E-state index contributed by atoms with van der Waals surface area (Å²) in [5.74, 6) is 1.52. The monoisotopic (exact) mass is 333 g/mol. The molecule has 2 aromatic rings. The lowest BCUT2D eigenvalue weighted by Crippen LogP contribution is -2.59. The second kappa shape index (κ2) is 6.22. The molecule has 5 heterocycles. The molecule has 3 nitrogen and oxygen atoms in total. The van der Waals surface area contributed by atoms with E-state index in [2.05, 4.69) is 58.1 Å². The van der Waals surface area contributed by atoms with Crippen LogP contribution in [0.1, 0.15) is 35.4 Å². The molecule has 6 rings (SSSR count). The first-order valence-corrected chi connectivity index (χ1v) is 9.73. The maximum absolute atomic E-state index is 4.33. The fourth-order valence-electron chi connectivity index (χ4n) is 5.56. The molecular weight excluding hydrogens is 306 g/mol. The van der Waals surface area contributed by atoms with Gasteiger partial charge in [0.2, 0.25) is 0 Å². The smallest absolute Gasteiger partial charge is 0.0335 e. The van der Waals surface area contributed by atoms with Crippen molar-refractivity contribution in [3.63, 3.8) is 0 Å². The van der Waals surface area contributed by atoms with Crippen LogP contribution in [0.3, 0.4) is 0 Å². The molecule has 0 radical (unpaired) electrons. The molecule has 0 saturated carbocycles. The molecule has 0 amide bonds. The zero-order valence-corrected chi connectivity index (χ0v) is 15.0. The highest BCUT2D eigenvalue weighted by Gasteiger charge is 2.53. The van der Waals surface area contributed by atoms with Crippen LogP contribution < -0.4 is 0 Å². The fraction of sp³-hybridized carbons (Fsp3) is 0.500. The van der Waals surface area contributed by atoms with Crippen LogP contribution in [0.2, 0.25) is 0 Å². The Balaban J connectivity index is 1.47. The number of nitrogens with zero attached hydrogens (tertiary/aromatic N) is 3. The number of likely N-dealkylation sites (tertiary alicyclic amines) is 1. The molecule has 4 aliphatic rings. The number of benzene rings is 1. The van der Waals surface area contributed by atoms with E-state index in [0.717, 1.165) is 12.5 Å². The van der Waals surface area contributed by atoms with Gasteiger partial charge in [0.05, 0.1) is 0 Å². The zero-order chi connectivity index (χ0) is 16.8. The van der Waals surface area contributed by atoms with Gasteiger partial charge in [-0.2, -0.15) is 0 Å². The SMILES string of the molecule is Cc1ccc([C@@H]2CN(Cc3cccnc3)[C@@H]3C4CCN(CC4)[C@@H]32)cc1. The summed E-state index contributed by atoms with van der Waals surface area (Å²) in [6.45, 7) is 7.01. The summed E-state index contributed by atoms with van der Waals surface area (Å²) in [5.41, 5.74) is 4.24. The predicted octanol–water partition coefficient (Wildman–Crippen LogP) is 3.45. The van der Waals surface area contributed by atoms with Crippen molar-refractivity contribution in [2.75, 3.05) is 19.6 Å². The number of aryl methyl sites for hydroxylation is 1. The highest BCUT2D eigenvalue weighted by atomic mass is 15.3. The van der Waals surface area contributed by atoms with E-state index < -0.39 is 0 Å². The number of hydrogen-bond acceptors (Lipinski definition) is 3. The van der Waals surface area contributed by atoms with Crippen LogP contribution >= 0.6 is 0 Å². The molecule has 4 saturated heterocycles. The van der Waals surface area contributed by atoms with Crippen LogP contribution in [0.25, 0.3) is 0 Å². The molecule has 0 aliphatic carbocycles. The largest absolute Gasteiger partial charge is 0.298 e. The number of hydrogen-bond donors (Lipinski definition) is 0. The minimum absolute atomic E-state index is 0.644. The molecule has 25 heavy (non-hydrogen) atoms. The molecular formula is C22H27N3. The molecule has 2 bridgehead atoms. The van der Waals surface area contributed by atoms with Crippen LogP contribution in [0, 0.1) is 12.8 Å². The van der Waals surface area contributed by atoms with E-state index in [1.54, 1.807) is 0 Å². The van der Waals surface area contributed by atoms with Crippen LogP contribution in [0.5, 0.6) is 0 Å². The first kappa shape index (κ1) is 15.5. The number of aromatic nitrogens is 1. The molecule has 0 N–H and O–H groups in total. The van der Waals surface area contributed by atoms with Crippen LogP contribution in [0.15, 0.2) is 48.8 Å². The Morgan fingerprint density at radius 1 is 1.04 bits per heavy atom. The third-order valence-electron chi connectivity index (χ3n) is 6.71. The van der Waals surface area contributed by atoms with Gasteiger partial charge in [0.15, 0.2) is 0 Å². The van der Waals surface area contributed by atoms with Gasteiger partial charge >= 0.3 is 0 Å². The lowest BCUT2D eigenvalue weighted by molar-refractivity contribution is -0.00871. The third kappa shape index (κ3) is 2.70. The predicted molar refractivity (Wildman–Crippen MR) is 100 cm³/mol. The van der Waals surface area contributed by atoms with Gasteiger partial charge in [-0.05, 0) is 56.0 Å². The standard InChI is InChI=1S/C22H27N3/c1-16-4-6-18(7-5-16)20-15-25(14-17-3-2-10-23-13-17)21-19-8-11-24(12-9-19)22(20)21/h2-7,10,13,19-22H,8-9,11-12,14-15H2,1H3/t20-,21+,22+/m0/s1. The normalized spacial score (nSPS) is 34.2. The molecule has 3 atom stereocenters. The highest BCUT2D eigenvalue weighted by molar-refractivity contribution is 5.30.